The van der Waals surface area contributed by atoms with Crippen LogP contribution in [0.2, 0.25) is 0 Å². The van der Waals surface area contributed by atoms with E-state index in [1.165, 1.54) is 13.8 Å². The fraction of sp³-hybridized carbons (Fsp3) is 0.625. The van der Waals surface area contributed by atoms with Crippen molar-refractivity contribution in [2.24, 2.45) is 5.92 Å². The largest absolute Gasteiger partial charge is 0.477 e. The summed E-state index contributed by atoms with van der Waals surface area (Å²) in [6.07, 6.45) is -2.53. The summed E-state index contributed by atoms with van der Waals surface area (Å²) in [5.41, 5.74) is -3.68. The summed E-state index contributed by atoms with van der Waals surface area (Å²) in [5.74, 6) is -2.63. The molecule has 3 N–H and O–H groups in total. The quantitative estimate of drug-likeness (QED) is 0.336. The van der Waals surface area contributed by atoms with E-state index in [1.54, 1.807) is 19.1 Å². The zero-order chi connectivity index (χ0) is 42.7. The molecule has 2 aromatic rings. The first-order valence-electron chi connectivity index (χ1n) is 19.9. The van der Waals surface area contributed by atoms with Gasteiger partial charge in [-0.2, -0.15) is 18.2 Å². The van der Waals surface area contributed by atoms with Gasteiger partial charge in [-0.15, -0.1) is 0 Å². The molecule has 2 aliphatic carbocycles. The number of nitrogens with zero attached hydrogens (tertiary/aromatic N) is 2. The number of aromatic nitrogens is 1. The van der Waals surface area contributed by atoms with Crippen molar-refractivity contribution in [2.75, 3.05) is 13.2 Å². The van der Waals surface area contributed by atoms with Gasteiger partial charge in [0.05, 0.1) is 30.1 Å². The number of aryl methyl sites for hydroxylation is 1. The van der Waals surface area contributed by atoms with Crippen molar-refractivity contribution < 1.29 is 59.7 Å². The number of rotatable bonds is 7. The van der Waals surface area contributed by atoms with E-state index < -0.39 is 92.2 Å². The van der Waals surface area contributed by atoms with Crippen LogP contribution in [0.15, 0.2) is 36.4 Å². The van der Waals surface area contributed by atoms with Gasteiger partial charge in [0.15, 0.2) is 0 Å². The Hall–Kier alpha value is -4.65. The Morgan fingerprint density at radius 2 is 1.81 bits per heavy atom. The third-order valence-electron chi connectivity index (χ3n) is 12.1. The van der Waals surface area contributed by atoms with Gasteiger partial charge >= 0.3 is 12.3 Å². The number of nitrogens with one attached hydrogen (secondary N) is 3. The lowest BCUT2D eigenvalue weighted by Gasteiger charge is -2.34. The Labute approximate surface area is 340 Å². The first kappa shape index (κ1) is 42.5. The molecule has 7 rings (SSSR count). The van der Waals surface area contributed by atoms with E-state index in [4.69, 9.17) is 18.9 Å². The molecule has 0 radical (unpaired) electrons. The Bertz CT molecular complexity index is 2160. The Morgan fingerprint density at radius 3 is 2.51 bits per heavy atom. The molecular weight excluding hydrogens is 800 g/mol. The molecule has 19 heteroatoms. The van der Waals surface area contributed by atoms with Gasteiger partial charge in [0.2, 0.25) is 39.2 Å². The Kier molecular flexibility index (Phi) is 11.1. The molecule has 15 nitrogen and oxygen atoms in total. The third kappa shape index (κ3) is 8.41. The van der Waals surface area contributed by atoms with Crippen LogP contribution in [0.3, 0.4) is 0 Å². The summed E-state index contributed by atoms with van der Waals surface area (Å²) in [7, 11) is -4.09. The van der Waals surface area contributed by atoms with Crippen molar-refractivity contribution >= 4 is 44.6 Å². The molecule has 1 aromatic heterocycles. The zero-order valence-electron chi connectivity index (χ0n) is 33.5. The number of carbonyl (C=O) groups excluding carboxylic acids is 4. The van der Waals surface area contributed by atoms with Crippen molar-refractivity contribution in [2.45, 2.75) is 138 Å². The molecule has 0 spiro atoms. The van der Waals surface area contributed by atoms with Crippen LogP contribution >= 0.6 is 0 Å². The molecule has 5 aliphatic rings. The first-order chi connectivity index (χ1) is 27.6. The summed E-state index contributed by atoms with van der Waals surface area (Å²) in [6, 6.07) is 4.40. The van der Waals surface area contributed by atoms with Crippen LogP contribution in [0.25, 0.3) is 10.8 Å². The number of sulfonamides is 1. The second-order valence-electron chi connectivity index (χ2n) is 17.0. The normalized spacial score (nSPS) is 30.2. The SMILES string of the molecule is C[C@@H]1O[C@@H](C)CC/C=C\[C@@H]2C[C@@]2(C(=O)NS(=O)(=O)C2(C)CC2)NC(=O)[C@@H]2C[C@@H](Oc3nc4c(c5ccccc35)CCCO4)CN2C(=O)[C@H]1NC(=O)OC(C)(C)C(F)(F)F. The summed E-state index contributed by atoms with van der Waals surface area (Å²) < 4.78 is 92.0. The van der Waals surface area contributed by atoms with Gasteiger partial charge in [-0.3, -0.25) is 19.1 Å². The zero-order valence-corrected chi connectivity index (χ0v) is 34.3. The molecule has 59 heavy (non-hydrogen) atoms. The number of pyridine rings is 1. The lowest BCUT2D eigenvalue weighted by atomic mass is 10.0. The first-order valence-corrected chi connectivity index (χ1v) is 21.4. The van der Waals surface area contributed by atoms with Gasteiger partial charge in [0.25, 0.3) is 5.91 Å². The van der Waals surface area contributed by atoms with Crippen LogP contribution in [0.1, 0.15) is 85.1 Å². The van der Waals surface area contributed by atoms with Gasteiger partial charge in [0.1, 0.15) is 23.7 Å². The second kappa shape index (κ2) is 15.4. The highest BCUT2D eigenvalue weighted by Crippen LogP contribution is 2.48. The minimum atomic E-state index is -4.94. The van der Waals surface area contributed by atoms with Gasteiger partial charge in [0, 0.05) is 23.3 Å². The molecule has 4 heterocycles. The molecular formula is C40H50F3N5O10S. The Balaban J connectivity index is 1.24. The van der Waals surface area contributed by atoms with Crippen molar-refractivity contribution in [3.8, 4) is 11.8 Å². The van der Waals surface area contributed by atoms with Crippen molar-refractivity contribution in [1.29, 1.82) is 0 Å². The van der Waals surface area contributed by atoms with Crippen molar-refractivity contribution in [1.82, 2.24) is 25.2 Å². The van der Waals surface area contributed by atoms with E-state index >= 15 is 0 Å². The highest BCUT2D eigenvalue weighted by atomic mass is 32.2. The van der Waals surface area contributed by atoms with E-state index in [9.17, 15) is 40.8 Å². The molecule has 4 amide bonds. The summed E-state index contributed by atoms with van der Waals surface area (Å²) in [4.78, 5) is 62.2. The van der Waals surface area contributed by atoms with E-state index in [1.807, 2.05) is 24.3 Å². The number of fused-ring (bicyclic) bond motifs is 5. The standard InChI is InChI=1S/C40H50F3N5O10S/c1-22-11-6-7-12-24-20-39(24,35(51)47-59(53,54)38(5)16-17-38)46-31(49)29-19-25(57-33-28-14-9-8-13-26(28)27-15-10-18-55-32(27)45-33)21-48(29)34(50)30(23(2)56-22)44-36(52)58-37(3,4)40(41,42)43/h7-9,12-14,22-25,29-30H,6,10-11,15-21H2,1-5H3,(H,44,52)(H,46,49)(H,47,51)/b12-7-/t22-,23-,24+,25+,29-,30-,39+/m0/s1. The topological polar surface area (TPSA) is 192 Å². The van der Waals surface area contributed by atoms with Crippen LogP contribution in [0.5, 0.6) is 11.8 Å². The Morgan fingerprint density at radius 1 is 1.10 bits per heavy atom. The van der Waals surface area contributed by atoms with Crippen molar-refractivity contribution in [3.05, 3.63) is 42.0 Å². The average molecular weight is 850 g/mol. The summed E-state index contributed by atoms with van der Waals surface area (Å²) in [5, 5.41) is 6.58. The molecule has 0 bridgehead atoms. The fourth-order valence-corrected chi connectivity index (χ4v) is 9.16. The van der Waals surface area contributed by atoms with Gasteiger partial charge in [-0.25, -0.2) is 13.2 Å². The molecule has 3 fully saturated rings. The number of carbonyl (C=O) groups is 4. The molecule has 2 saturated carbocycles. The summed E-state index contributed by atoms with van der Waals surface area (Å²) >= 11 is 0. The van der Waals surface area contributed by atoms with Crippen LogP contribution in [-0.4, -0.2) is 108 Å². The predicted molar refractivity (Wildman–Crippen MR) is 206 cm³/mol. The number of ether oxygens (including phenoxy) is 4. The maximum Gasteiger partial charge on any atom is 0.427 e. The van der Waals surface area contributed by atoms with E-state index in [0.29, 0.717) is 57.4 Å². The van der Waals surface area contributed by atoms with Crippen LogP contribution in [-0.2, 0) is 40.3 Å². The van der Waals surface area contributed by atoms with Crippen LogP contribution < -0.4 is 24.8 Å². The molecule has 1 saturated heterocycles. The minimum Gasteiger partial charge on any atom is -0.477 e. The lowest BCUT2D eigenvalue weighted by Crippen LogP contribution is -2.60. The van der Waals surface area contributed by atoms with E-state index in [2.05, 4.69) is 20.3 Å². The van der Waals surface area contributed by atoms with Gasteiger partial charge in [-0.1, -0.05) is 30.4 Å². The number of amides is 4. The number of alkyl halides is 3. The number of alkyl carbamates (subject to hydrolysis) is 1. The average Bonchev–Trinajstić information content (AvgIpc) is 4.04. The van der Waals surface area contributed by atoms with Gasteiger partial charge < -0.3 is 34.5 Å². The van der Waals surface area contributed by atoms with Crippen LogP contribution in [0, 0.1) is 5.92 Å². The predicted octanol–water partition coefficient (Wildman–Crippen LogP) is 4.36. The maximum atomic E-state index is 14.7. The number of halogens is 3. The molecule has 322 valence electrons. The molecule has 1 aromatic carbocycles. The maximum absolute atomic E-state index is 14.7. The molecule has 3 aliphatic heterocycles. The monoisotopic (exact) mass is 849 g/mol. The van der Waals surface area contributed by atoms with Crippen LogP contribution in [0.4, 0.5) is 18.0 Å². The van der Waals surface area contributed by atoms with E-state index in [0.717, 1.165) is 28.7 Å². The molecule has 0 unspecified atom stereocenters. The highest BCUT2D eigenvalue weighted by molar-refractivity contribution is 7.91. The molecule has 7 atom stereocenters. The second-order valence-corrected chi connectivity index (χ2v) is 19.2. The lowest BCUT2D eigenvalue weighted by molar-refractivity contribution is -0.244. The number of hydrogen-bond acceptors (Lipinski definition) is 11. The third-order valence-corrected chi connectivity index (χ3v) is 14.2. The number of allylic oxidation sites excluding steroid dienone is 1. The number of hydrogen-bond donors (Lipinski definition) is 3. The minimum absolute atomic E-state index is 0.0764. The highest BCUT2D eigenvalue weighted by Gasteiger charge is 2.63. The number of benzene rings is 1. The smallest absolute Gasteiger partial charge is 0.427 e. The fourth-order valence-electron chi connectivity index (χ4n) is 7.84. The summed E-state index contributed by atoms with van der Waals surface area (Å²) in [6.45, 7) is 6.25. The van der Waals surface area contributed by atoms with Gasteiger partial charge in [-0.05, 0) is 91.0 Å². The van der Waals surface area contributed by atoms with Crippen molar-refractivity contribution in [3.63, 3.8) is 0 Å². The van der Waals surface area contributed by atoms with E-state index in [-0.39, 0.29) is 25.3 Å².